The van der Waals surface area contributed by atoms with Crippen molar-refractivity contribution in [3.05, 3.63) is 42.5 Å². The van der Waals surface area contributed by atoms with E-state index < -0.39 is 0 Å². The Morgan fingerprint density at radius 1 is 0.857 bits per heavy atom. The summed E-state index contributed by atoms with van der Waals surface area (Å²) in [5, 5.41) is 2.70. The fourth-order valence-corrected chi connectivity index (χ4v) is 4.21. The lowest BCUT2D eigenvalue weighted by molar-refractivity contribution is 0.387. The van der Waals surface area contributed by atoms with Gasteiger partial charge in [0.25, 0.3) is 0 Å². The van der Waals surface area contributed by atoms with Gasteiger partial charge in [0.15, 0.2) is 0 Å². The van der Waals surface area contributed by atoms with Gasteiger partial charge in [-0.1, -0.05) is 30.3 Å². The van der Waals surface area contributed by atoms with Crippen molar-refractivity contribution in [2.75, 3.05) is 38.1 Å². The van der Waals surface area contributed by atoms with E-state index in [1.54, 1.807) is 0 Å². The molecule has 2 aromatic carbocycles. The summed E-state index contributed by atoms with van der Waals surface area (Å²) in [6.45, 7) is 5.03. The first kappa shape index (κ1) is 13.1. The Morgan fingerprint density at radius 3 is 2.24 bits per heavy atom. The molecule has 2 aliphatic rings. The van der Waals surface area contributed by atoms with Crippen LogP contribution in [0.1, 0.15) is 12.8 Å². The fraction of sp³-hybridized carbons (Fsp3) is 0.474. The van der Waals surface area contributed by atoms with E-state index in [0.717, 1.165) is 11.8 Å². The third kappa shape index (κ3) is 2.53. The highest BCUT2D eigenvalue weighted by Crippen LogP contribution is 2.33. The van der Waals surface area contributed by atoms with Crippen molar-refractivity contribution in [2.45, 2.75) is 12.8 Å². The molecule has 2 aliphatic heterocycles. The van der Waals surface area contributed by atoms with E-state index >= 15 is 0 Å². The van der Waals surface area contributed by atoms with Gasteiger partial charge < -0.3 is 9.80 Å². The number of hydrogen-bond acceptors (Lipinski definition) is 2. The maximum atomic E-state index is 2.60. The zero-order valence-corrected chi connectivity index (χ0v) is 12.8. The van der Waals surface area contributed by atoms with Gasteiger partial charge in [-0.2, -0.15) is 0 Å². The standard InChI is InChI=1S/C19H24N2/c1-20-13-17-8-10-21(11-9-18(17)14-20)19-7-6-15-4-2-3-5-16(15)12-19/h2-7,12,17-18H,8-11,13-14H2,1H3. The molecule has 0 saturated carbocycles. The van der Waals surface area contributed by atoms with Gasteiger partial charge in [0.1, 0.15) is 0 Å². The summed E-state index contributed by atoms with van der Waals surface area (Å²) >= 11 is 0. The molecule has 0 aliphatic carbocycles. The minimum atomic E-state index is 0.917. The highest BCUT2D eigenvalue weighted by atomic mass is 15.2. The molecule has 0 amide bonds. The Bertz CT molecular complexity index is 620. The molecule has 2 heterocycles. The van der Waals surface area contributed by atoms with Crippen LogP contribution in [0.2, 0.25) is 0 Å². The Morgan fingerprint density at radius 2 is 1.52 bits per heavy atom. The summed E-state index contributed by atoms with van der Waals surface area (Å²) in [6, 6.07) is 15.6. The molecule has 21 heavy (non-hydrogen) atoms. The van der Waals surface area contributed by atoms with E-state index in [4.69, 9.17) is 0 Å². The molecule has 2 fully saturated rings. The summed E-state index contributed by atoms with van der Waals surface area (Å²) in [4.78, 5) is 5.12. The number of nitrogens with zero attached hydrogens (tertiary/aromatic N) is 2. The first-order chi connectivity index (χ1) is 10.3. The number of fused-ring (bicyclic) bond motifs is 2. The maximum absolute atomic E-state index is 2.60. The normalized spacial score (nSPS) is 26.8. The Hall–Kier alpha value is -1.54. The molecule has 0 bridgehead atoms. The first-order valence-electron chi connectivity index (χ1n) is 8.22. The predicted octanol–water partition coefficient (Wildman–Crippen LogP) is 3.62. The van der Waals surface area contributed by atoms with Gasteiger partial charge in [-0.25, -0.2) is 0 Å². The molecule has 0 spiro atoms. The SMILES string of the molecule is CN1CC2CCN(c3ccc4ccccc4c3)CCC2C1. The van der Waals surface area contributed by atoms with Crippen LogP contribution in [0.15, 0.2) is 42.5 Å². The molecule has 2 heteroatoms. The first-order valence-corrected chi connectivity index (χ1v) is 8.22. The largest absolute Gasteiger partial charge is 0.371 e. The average Bonchev–Trinajstić information content (AvgIpc) is 2.76. The van der Waals surface area contributed by atoms with E-state index in [1.807, 2.05) is 0 Å². The number of anilines is 1. The molecular weight excluding hydrogens is 256 g/mol. The van der Waals surface area contributed by atoms with Crippen molar-refractivity contribution in [2.24, 2.45) is 11.8 Å². The summed E-state index contributed by atoms with van der Waals surface area (Å²) in [5.41, 5.74) is 1.40. The lowest BCUT2D eigenvalue weighted by Crippen LogP contribution is -2.26. The van der Waals surface area contributed by atoms with Crippen LogP contribution in [-0.4, -0.2) is 38.1 Å². The van der Waals surface area contributed by atoms with Crippen molar-refractivity contribution in [1.29, 1.82) is 0 Å². The average molecular weight is 280 g/mol. The topological polar surface area (TPSA) is 6.48 Å². The quantitative estimate of drug-likeness (QED) is 0.787. The van der Waals surface area contributed by atoms with Crippen LogP contribution in [0.5, 0.6) is 0 Å². The van der Waals surface area contributed by atoms with Crippen LogP contribution in [0.4, 0.5) is 5.69 Å². The third-order valence-corrected chi connectivity index (χ3v) is 5.40. The van der Waals surface area contributed by atoms with Crippen LogP contribution in [0, 0.1) is 11.8 Å². The van der Waals surface area contributed by atoms with Crippen molar-refractivity contribution < 1.29 is 0 Å². The molecule has 0 aromatic heterocycles. The van der Waals surface area contributed by atoms with E-state index in [9.17, 15) is 0 Å². The fourth-order valence-electron chi connectivity index (χ4n) is 4.21. The second-order valence-electron chi connectivity index (χ2n) is 6.84. The maximum Gasteiger partial charge on any atom is 0.0372 e. The summed E-state index contributed by atoms with van der Waals surface area (Å²) in [7, 11) is 2.27. The Balaban J connectivity index is 1.55. The van der Waals surface area contributed by atoms with Crippen molar-refractivity contribution >= 4 is 16.5 Å². The zero-order valence-electron chi connectivity index (χ0n) is 12.8. The molecule has 110 valence electrons. The van der Waals surface area contributed by atoms with Crippen LogP contribution >= 0.6 is 0 Å². The van der Waals surface area contributed by atoms with Crippen molar-refractivity contribution in [1.82, 2.24) is 4.90 Å². The monoisotopic (exact) mass is 280 g/mol. The molecule has 4 rings (SSSR count). The smallest absolute Gasteiger partial charge is 0.0372 e. The van der Waals surface area contributed by atoms with Gasteiger partial charge in [0, 0.05) is 31.9 Å². The van der Waals surface area contributed by atoms with Crippen molar-refractivity contribution in [3.8, 4) is 0 Å². The predicted molar refractivity (Wildman–Crippen MR) is 89.9 cm³/mol. The van der Waals surface area contributed by atoms with E-state index in [0.29, 0.717) is 0 Å². The highest BCUT2D eigenvalue weighted by Gasteiger charge is 2.33. The Labute approximate surface area is 127 Å². The van der Waals surface area contributed by atoms with Crippen LogP contribution in [0.25, 0.3) is 10.8 Å². The van der Waals surface area contributed by atoms with Gasteiger partial charge in [-0.15, -0.1) is 0 Å². The molecule has 0 N–H and O–H groups in total. The minimum Gasteiger partial charge on any atom is -0.371 e. The molecule has 2 aromatic rings. The number of hydrogen-bond donors (Lipinski definition) is 0. The molecule has 0 radical (unpaired) electrons. The number of benzene rings is 2. The lowest BCUT2D eigenvalue weighted by atomic mass is 9.92. The molecule has 2 saturated heterocycles. The van der Waals surface area contributed by atoms with E-state index in [-0.39, 0.29) is 0 Å². The number of likely N-dealkylation sites (tertiary alicyclic amines) is 1. The van der Waals surface area contributed by atoms with Crippen LogP contribution in [0.3, 0.4) is 0 Å². The third-order valence-electron chi connectivity index (χ3n) is 5.40. The second-order valence-corrected chi connectivity index (χ2v) is 6.84. The molecule has 2 nitrogen and oxygen atoms in total. The van der Waals surface area contributed by atoms with Gasteiger partial charge in [0.2, 0.25) is 0 Å². The summed E-state index contributed by atoms with van der Waals surface area (Å²) < 4.78 is 0. The number of rotatable bonds is 1. The van der Waals surface area contributed by atoms with Crippen LogP contribution < -0.4 is 4.90 Å². The summed E-state index contributed by atoms with van der Waals surface area (Å²) in [5.74, 6) is 1.83. The van der Waals surface area contributed by atoms with E-state index in [1.165, 1.54) is 55.5 Å². The summed E-state index contributed by atoms with van der Waals surface area (Å²) in [6.07, 6.45) is 2.70. The van der Waals surface area contributed by atoms with Gasteiger partial charge >= 0.3 is 0 Å². The lowest BCUT2D eigenvalue weighted by Gasteiger charge is -2.24. The van der Waals surface area contributed by atoms with Crippen LogP contribution in [-0.2, 0) is 0 Å². The van der Waals surface area contributed by atoms with Crippen molar-refractivity contribution in [3.63, 3.8) is 0 Å². The van der Waals surface area contributed by atoms with Gasteiger partial charge in [0.05, 0.1) is 0 Å². The Kier molecular flexibility index (Phi) is 3.34. The van der Waals surface area contributed by atoms with Gasteiger partial charge in [-0.05, 0) is 54.6 Å². The minimum absolute atomic E-state index is 0.917. The van der Waals surface area contributed by atoms with Gasteiger partial charge in [-0.3, -0.25) is 0 Å². The second kappa shape index (κ2) is 5.34. The highest BCUT2D eigenvalue weighted by molar-refractivity contribution is 5.85. The zero-order chi connectivity index (χ0) is 14.2. The molecule has 2 unspecified atom stereocenters. The molecular formula is C19H24N2. The molecule has 2 atom stereocenters. The van der Waals surface area contributed by atoms with E-state index in [2.05, 4.69) is 59.3 Å².